The average Bonchev–Trinajstić information content (AvgIpc) is 2.46. The molecule has 0 radical (unpaired) electrons. The van der Waals surface area contributed by atoms with Crippen molar-refractivity contribution in [1.29, 1.82) is 0 Å². The monoisotopic (exact) mass is 263 g/mol. The van der Waals surface area contributed by atoms with E-state index in [1.54, 1.807) is 11.0 Å². The maximum atomic E-state index is 12.4. The van der Waals surface area contributed by atoms with E-state index >= 15 is 0 Å². The Kier molecular flexibility index (Phi) is 4.74. The third-order valence-electron chi connectivity index (χ3n) is 3.60. The van der Waals surface area contributed by atoms with Crippen molar-refractivity contribution in [2.75, 3.05) is 26.2 Å². The van der Waals surface area contributed by atoms with Gasteiger partial charge >= 0.3 is 0 Å². The molecule has 2 N–H and O–H groups in total. The molecule has 1 amide bonds. The summed E-state index contributed by atoms with van der Waals surface area (Å²) in [4.78, 5) is 18.1. The Bertz CT molecular complexity index is 430. The summed E-state index contributed by atoms with van der Waals surface area (Å²) in [6, 6.07) is 3.12. The van der Waals surface area contributed by atoms with Crippen LogP contribution in [0.2, 0.25) is 0 Å². The van der Waals surface area contributed by atoms with Crippen LogP contribution < -0.4 is 5.32 Å². The molecule has 0 aromatic carbocycles. The zero-order valence-corrected chi connectivity index (χ0v) is 11.3. The molecule has 5 heteroatoms. The predicted molar refractivity (Wildman–Crippen MR) is 73.1 cm³/mol. The second kappa shape index (κ2) is 6.52. The SMILES string of the molecule is CCN(CC1CCNCC1)C(=O)c1ncccc1O. The highest BCUT2D eigenvalue weighted by Crippen LogP contribution is 2.18. The Labute approximate surface area is 113 Å². The van der Waals surface area contributed by atoms with Gasteiger partial charge < -0.3 is 15.3 Å². The summed E-state index contributed by atoms with van der Waals surface area (Å²) in [6.45, 7) is 5.38. The van der Waals surface area contributed by atoms with E-state index in [4.69, 9.17) is 0 Å². The number of carbonyl (C=O) groups excluding carboxylic acids is 1. The molecule has 1 fully saturated rings. The van der Waals surface area contributed by atoms with Crippen molar-refractivity contribution in [3.63, 3.8) is 0 Å². The Morgan fingerprint density at radius 1 is 1.53 bits per heavy atom. The molecule has 1 aliphatic rings. The second-order valence-corrected chi connectivity index (χ2v) is 4.91. The van der Waals surface area contributed by atoms with E-state index < -0.39 is 0 Å². The molecule has 0 spiro atoms. The minimum atomic E-state index is -0.181. The summed E-state index contributed by atoms with van der Waals surface area (Å²) in [5, 5.41) is 13.0. The molecule has 0 saturated carbocycles. The van der Waals surface area contributed by atoms with Gasteiger partial charge in [-0.3, -0.25) is 4.79 Å². The lowest BCUT2D eigenvalue weighted by atomic mass is 9.97. The summed E-state index contributed by atoms with van der Waals surface area (Å²) in [5.41, 5.74) is 0.151. The van der Waals surface area contributed by atoms with Crippen LogP contribution in [0.3, 0.4) is 0 Å². The van der Waals surface area contributed by atoms with E-state index in [-0.39, 0.29) is 17.4 Å². The van der Waals surface area contributed by atoms with Gasteiger partial charge in [-0.05, 0) is 50.9 Å². The van der Waals surface area contributed by atoms with Gasteiger partial charge in [0.15, 0.2) is 5.69 Å². The maximum Gasteiger partial charge on any atom is 0.276 e. The highest BCUT2D eigenvalue weighted by atomic mass is 16.3. The fourth-order valence-corrected chi connectivity index (χ4v) is 2.44. The summed E-state index contributed by atoms with van der Waals surface area (Å²) < 4.78 is 0. The molecule has 2 heterocycles. The number of aromatic nitrogens is 1. The van der Waals surface area contributed by atoms with Gasteiger partial charge in [-0.25, -0.2) is 4.98 Å². The molecule has 0 bridgehead atoms. The van der Waals surface area contributed by atoms with Crippen LogP contribution in [-0.4, -0.2) is 47.1 Å². The Balaban J connectivity index is 2.04. The standard InChI is InChI=1S/C14H21N3O2/c1-2-17(10-11-5-8-15-9-6-11)14(19)13-12(18)4-3-7-16-13/h3-4,7,11,15,18H,2,5-6,8-10H2,1H3. The lowest BCUT2D eigenvalue weighted by molar-refractivity contribution is 0.0717. The summed E-state index contributed by atoms with van der Waals surface area (Å²) in [6.07, 6.45) is 3.72. The molecule has 0 unspecified atom stereocenters. The Hall–Kier alpha value is -1.62. The van der Waals surface area contributed by atoms with Crippen molar-refractivity contribution >= 4 is 5.91 Å². The topological polar surface area (TPSA) is 65.5 Å². The highest BCUT2D eigenvalue weighted by molar-refractivity contribution is 5.94. The predicted octanol–water partition coefficient (Wildman–Crippen LogP) is 1.25. The number of aromatic hydroxyl groups is 1. The summed E-state index contributed by atoms with van der Waals surface area (Å²) in [5.74, 6) is 0.311. The Morgan fingerprint density at radius 2 is 2.26 bits per heavy atom. The van der Waals surface area contributed by atoms with Crippen molar-refractivity contribution in [1.82, 2.24) is 15.2 Å². The lowest BCUT2D eigenvalue weighted by Gasteiger charge is -2.29. The summed E-state index contributed by atoms with van der Waals surface area (Å²) >= 11 is 0. The van der Waals surface area contributed by atoms with Gasteiger partial charge in [-0.15, -0.1) is 0 Å². The van der Waals surface area contributed by atoms with Gasteiger partial charge in [0.2, 0.25) is 0 Å². The van der Waals surface area contributed by atoms with Crippen LogP contribution in [0.25, 0.3) is 0 Å². The molecule has 5 nitrogen and oxygen atoms in total. The van der Waals surface area contributed by atoms with E-state index in [1.165, 1.54) is 12.3 Å². The second-order valence-electron chi connectivity index (χ2n) is 4.91. The average molecular weight is 263 g/mol. The van der Waals surface area contributed by atoms with Gasteiger partial charge in [0.1, 0.15) is 5.75 Å². The number of nitrogens with one attached hydrogen (secondary N) is 1. The van der Waals surface area contributed by atoms with E-state index in [0.717, 1.165) is 32.5 Å². The quantitative estimate of drug-likeness (QED) is 0.858. The number of hydrogen-bond acceptors (Lipinski definition) is 4. The van der Waals surface area contributed by atoms with Crippen LogP contribution >= 0.6 is 0 Å². The number of hydrogen-bond donors (Lipinski definition) is 2. The number of nitrogens with zero attached hydrogens (tertiary/aromatic N) is 2. The number of carbonyl (C=O) groups is 1. The largest absolute Gasteiger partial charge is 0.505 e. The van der Waals surface area contributed by atoms with Crippen molar-refractivity contribution in [3.8, 4) is 5.75 Å². The van der Waals surface area contributed by atoms with Gasteiger partial charge in [0, 0.05) is 19.3 Å². The van der Waals surface area contributed by atoms with E-state index in [9.17, 15) is 9.90 Å². The van der Waals surface area contributed by atoms with Crippen LogP contribution in [0.5, 0.6) is 5.75 Å². The van der Waals surface area contributed by atoms with Gasteiger partial charge in [0.05, 0.1) is 0 Å². The molecule has 0 aliphatic carbocycles. The molecule has 1 aromatic rings. The number of rotatable bonds is 4. The molecule has 0 atom stereocenters. The third kappa shape index (κ3) is 3.44. The normalized spacial score (nSPS) is 16.3. The van der Waals surface area contributed by atoms with Crippen LogP contribution in [0.1, 0.15) is 30.3 Å². The smallest absolute Gasteiger partial charge is 0.276 e. The Morgan fingerprint density at radius 3 is 2.89 bits per heavy atom. The van der Waals surface area contributed by atoms with Gasteiger partial charge in [-0.1, -0.05) is 0 Å². The molecule has 1 saturated heterocycles. The first-order valence-electron chi connectivity index (χ1n) is 6.86. The van der Waals surface area contributed by atoms with Crippen LogP contribution in [-0.2, 0) is 0 Å². The van der Waals surface area contributed by atoms with Crippen molar-refractivity contribution in [3.05, 3.63) is 24.0 Å². The number of pyridine rings is 1. The van der Waals surface area contributed by atoms with Crippen LogP contribution in [0.4, 0.5) is 0 Å². The molecule has 104 valence electrons. The minimum absolute atomic E-state index is 0.0451. The third-order valence-corrected chi connectivity index (χ3v) is 3.60. The number of amides is 1. The highest BCUT2D eigenvalue weighted by Gasteiger charge is 2.23. The first-order chi connectivity index (χ1) is 9.22. The maximum absolute atomic E-state index is 12.4. The van der Waals surface area contributed by atoms with E-state index in [0.29, 0.717) is 12.5 Å². The van der Waals surface area contributed by atoms with E-state index in [2.05, 4.69) is 10.3 Å². The fourth-order valence-electron chi connectivity index (χ4n) is 2.44. The van der Waals surface area contributed by atoms with Crippen LogP contribution in [0, 0.1) is 5.92 Å². The zero-order chi connectivity index (χ0) is 13.7. The van der Waals surface area contributed by atoms with Crippen molar-refractivity contribution < 1.29 is 9.90 Å². The molecule has 19 heavy (non-hydrogen) atoms. The summed E-state index contributed by atoms with van der Waals surface area (Å²) in [7, 11) is 0. The molecular formula is C14H21N3O2. The van der Waals surface area contributed by atoms with Gasteiger partial charge in [0.25, 0.3) is 5.91 Å². The zero-order valence-electron chi connectivity index (χ0n) is 11.3. The fraction of sp³-hybridized carbons (Fsp3) is 0.571. The molecule has 2 rings (SSSR count). The molecule has 1 aliphatic heterocycles. The first kappa shape index (κ1) is 13.8. The molecule has 1 aromatic heterocycles. The first-order valence-corrected chi connectivity index (χ1v) is 6.86. The number of piperidine rings is 1. The van der Waals surface area contributed by atoms with Crippen molar-refractivity contribution in [2.24, 2.45) is 5.92 Å². The molecular weight excluding hydrogens is 242 g/mol. The van der Waals surface area contributed by atoms with E-state index in [1.807, 2.05) is 6.92 Å². The van der Waals surface area contributed by atoms with Crippen molar-refractivity contribution in [2.45, 2.75) is 19.8 Å². The minimum Gasteiger partial charge on any atom is -0.505 e. The van der Waals surface area contributed by atoms with Crippen LogP contribution in [0.15, 0.2) is 18.3 Å². The van der Waals surface area contributed by atoms with Gasteiger partial charge in [-0.2, -0.15) is 0 Å². The lowest BCUT2D eigenvalue weighted by Crippen LogP contribution is -2.39.